The number of rotatable bonds is 10. The molecule has 0 aliphatic heterocycles. The van der Waals surface area contributed by atoms with Crippen LogP contribution in [-0.4, -0.2) is 27.1 Å². The van der Waals surface area contributed by atoms with E-state index in [1.807, 2.05) is 44.2 Å². The van der Waals surface area contributed by atoms with E-state index in [4.69, 9.17) is 16.3 Å². The molecule has 9 heteroatoms. The monoisotopic (exact) mass is 561 g/mol. The Hall–Kier alpha value is -4.14. The van der Waals surface area contributed by atoms with E-state index >= 15 is 0 Å². The van der Waals surface area contributed by atoms with E-state index in [0.29, 0.717) is 23.1 Å². The van der Waals surface area contributed by atoms with Gasteiger partial charge < -0.3 is 4.74 Å². The minimum absolute atomic E-state index is 0.0998. The number of halogens is 1. The summed E-state index contributed by atoms with van der Waals surface area (Å²) in [5.41, 5.74) is 6.23. The van der Waals surface area contributed by atoms with Crippen molar-refractivity contribution in [2.75, 3.05) is 10.8 Å². The topological polar surface area (TPSA) is 88.1 Å². The molecule has 4 aromatic carbocycles. The Labute approximate surface area is 233 Å². The number of ether oxygens (including phenoxy) is 1. The molecule has 1 N–H and O–H groups in total. The predicted molar refractivity (Wildman–Crippen MR) is 155 cm³/mol. The van der Waals surface area contributed by atoms with Gasteiger partial charge in [-0.2, -0.15) is 5.10 Å². The lowest BCUT2D eigenvalue weighted by atomic mass is 10.2. The quantitative estimate of drug-likeness (QED) is 0.193. The van der Waals surface area contributed by atoms with Gasteiger partial charge in [0.2, 0.25) is 0 Å². The minimum Gasteiger partial charge on any atom is -0.489 e. The molecule has 0 atom stereocenters. The molecule has 7 nitrogen and oxygen atoms in total. The van der Waals surface area contributed by atoms with Crippen molar-refractivity contribution in [1.82, 2.24) is 5.43 Å². The standard InChI is InChI=1S/C30H28ClN3O4S/c1-22-10-16-28(17-11-22)39(36,37)34(26-8-5-6-23(2)18-26)20-30(35)33-32-19-24-12-14-27(15-13-24)38-21-25-7-3-4-9-29(25)31/h3-19H,20-21H2,1-2H3,(H,33,35)/b32-19-. The van der Waals surface area contributed by atoms with Crippen LogP contribution >= 0.6 is 11.6 Å². The fourth-order valence-corrected chi connectivity index (χ4v) is 5.31. The lowest BCUT2D eigenvalue weighted by molar-refractivity contribution is -0.119. The maximum Gasteiger partial charge on any atom is 0.264 e. The van der Waals surface area contributed by atoms with Crippen molar-refractivity contribution in [2.24, 2.45) is 5.10 Å². The van der Waals surface area contributed by atoms with E-state index in [1.165, 1.54) is 18.3 Å². The number of anilines is 1. The second kappa shape index (κ2) is 12.6. The van der Waals surface area contributed by atoms with Crippen molar-refractivity contribution >= 4 is 39.4 Å². The van der Waals surface area contributed by atoms with Crippen LogP contribution in [0.2, 0.25) is 5.02 Å². The molecule has 0 aromatic heterocycles. The Morgan fingerprint density at radius 2 is 1.64 bits per heavy atom. The number of carbonyl (C=O) groups is 1. The molecule has 200 valence electrons. The molecule has 4 rings (SSSR count). The van der Waals surface area contributed by atoms with Crippen LogP contribution in [0.4, 0.5) is 5.69 Å². The van der Waals surface area contributed by atoms with Crippen molar-refractivity contribution < 1.29 is 17.9 Å². The van der Waals surface area contributed by atoms with Gasteiger partial charge in [0.25, 0.3) is 15.9 Å². The first-order chi connectivity index (χ1) is 18.7. The molecule has 0 radical (unpaired) electrons. The van der Waals surface area contributed by atoms with Crippen LogP contribution in [0.5, 0.6) is 5.75 Å². The summed E-state index contributed by atoms with van der Waals surface area (Å²) < 4.78 is 33.8. The predicted octanol–water partition coefficient (Wildman–Crippen LogP) is 5.88. The van der Waals surface area contributed by atoms with Crippen molar-refractivity contribution in [3.8, 4) is 5.75 Å². The molecule has 0 fully saturated rings. The van der Waals surface area contributed by atoms with Crippen LogP contribution in [0, 0.1) is 13.8 Å². The van der Waals surface area contributed by atoms with E-state index in [-0.39, 0.29) is 4.90 Å². The van der Waals surface area contributed by atoms with Gasteiger partial charge in [0, 0.05) is 10.6 Å². The van der Waals surface area contributed by atoms with Gasteiger partial charge in [0.05, 0.1) is 16.8 Å². The fraction of sp³-hybridized carbons (Fsp3) is 0.133. The Kier molecular flexibility index (Phi) is 9.01. The number of hydrogen-bond acceptors (Lipinski definition) is 5. The Balaban J connectivity index is 1.41. The molecular weight excluding hydrogens is 534 g/mol. The molecule has 0 aliphatic rings. The van der Waals surface area contributed by atoms with E-state index in [1.54, 1.807) is 54.6 Å². The molecule has 0 saturated heterocycles. The molecule has 0 saturated carbocycles. The second-order valence-electron chi connectivity index (χ2n) is 8.91. The van der Waals surface area contributed by atoms with Gasteiger partial charge in [0.1, 0.15) is 18.9 Å². The van der Waals surface area contributed by atoms with Crippen LogP contribution in [0.3, 0.4) is 0 Å². The molecule has 0 aliphatic carbocycles. The Morgan fingerprint density at radius 3 is 2.33 bits per heavy atom. The largest absolute Gasteiger partial charge is 0.489 e. The average molecular weight is 562 g/mol. The van der Waals surface area contributed by atoms with Crippen LogP contribution < -0.4 is 14.5 Å². The highest BCUT2D eigenvalue weighted by atomic mass is 35.5. The zero-order chi connectivity index (χ0) is 27.8. The highest BCUT2D eigenvalue weighted by Gasteiger charge is 2.27. The number of sulfonamides is 1. The lowest BCUT2D eigenvalue weighted by Crippen LogP contribution is -2.39. The second-order valence-corrected chi connectivity index (χ2v) is 11.2. The summed E-state index contributed by atoms with van der Waals surface area (Å²) in [7, 11) is -3.99. The number of amides is 1. The smallest absolute Gasteiger partial charge is 0.264 e. The first-order valence-corrected chi connectivity index (χ1v) is 14.0. The number of aryl methyl sites for hydroxylation is 2. The van der Waals surface area contributed by atoms with Crippen LogP contribution in [0.15, 0.2) is 107 Å². The van der Waals surface area contributed by atoms with Gasteiger partial charge in [-0.1, -0.05) is 59.6 Å². The minimum atomic E-state index is -3.99. The summed E-state index contributed by atoms with van der Waals surface area (Å²) in [5, 5.41) is 4.65. The SMILES string of the molecule is Cc1ccc(S(=O)(=O)N(CC(=O)N/N=C\c2ccc(OCc3ccccc3Cl)cc2)c2cccc(C)c2)cc1. The third-order valence-electron chi connectivity index (χ3n) is 5.82. The number of hydrogen-bond donors (Lipinski definition) is 1. The summed E-state index contributed by atoms with van der Waals surface area (Å²) in [4.78, 5) is 12.9. The van der Waals surface area contributed by atoms with Crippen molar-refractivity contribution in [1.29, 1.82) is 0 Å². The molecule has 0 spiro atoms. The van der Waals surface area contributed by atoms with Crippen molar-refractivity contribution in [3.63, 3.8) is 0 Å². The van der Waals surface area contributed by atoms with Crippen LogP contribution in [-0.2, 0) is 21.4 Å². The average Bonchev–Trinajstić information content (AvgIpc) is 2.92. The fourth-order valence-electron chi connectivity index (χ4n) is 3.71. The van der Waals surface area contributed by atoms with Gasteiger partial charge in [-0.25, -0.2) is 13.8 Å². The maximum atomic E-state index is 13.5. The number of hydrazone groups is 1. The molecule has 0 bridgehead atoms. The maximum absolute atomic E-state index is 13.5. The summed E-state index contributed by atoms with van der Waals surface area (Å²) in [6.07, 6.45) is 1.47. The molecule has 0 heterocycles. The highest BCUT2D eigenvalue weighted by molar-refractivity contribution is 7.92. The summed E-state index contributed by atoms with van der Waals surface area (Å²) in [5.74, 6) is 0.0781. The summed E-state index contributed by atoms with van der Waals surface area (Å²) in [6.45, 7) is 3.64. The third kappa shape index (κ3) is 7.46. The van der Waals surface area contributed by atoms with E-state index in [2.05, 4.69) is 10.5 Å². The number of nitrogens with zero attached hydrogens (tertiary/aromatic N) is 2. The number of benzene rings is 4. The molecule has 4 aromatic rings. The van der Waals surface area contributed by atoms with Gasteiger partial charge >= 0.3 is 0 Å². The van der Waals surface area contributed by atoms with E-state index < -0.39 is 22.5 Å². The molecular formula is C30H28ClN3O4S. The summed E-state index contributed by atoms with van der Waals surface area (Å²) >= 11 is 6.16. The van der Waals surface area contributed by atoms with Gasteiger partial charge in [-0.05, 0) is 79.6 Å². The first-order valence-electron chi connectivity index (χ1n) is 12.2. The van der Waals surface area contributed by atoms with Crippen molar-refractivity contribution in [3.05, 3.63) is 124 Å². The zero-order valence-corrected chi connectivity index (χ0v) is 23.1. The zero-order valence-electron chi connectivity index (χ0n) is 21.5. The van der Waals surface area contributed by atoms with Crippen LogP contribution in [0.1, 0.15) is 22.3 Å². The third-order valence-corrected chi connectivity index (χ3v) is 7.98. The summed E-state index contributed by atoms with van der Waals surface area (Å²) in [6, 6.07) is 28.1. The van der Waals surface area contributed by atoms with Crippen molar-refractivity contribution in [2.45, 2.75) is 25.3 Å². The molecule has 39 heavy (non-hydrogen) atoms. The first kappa shape index (κ1) is 27.9. The van der Waals surface area contributed by atoms with Gasteiger partial charge in [-0.3, -0.25) is 9.10 Å². The van der Waals surface area contributed by atoms with Crippen LogP contribution in [0.25, 0.3) is 0 Å². The lowest BCUT2D eigenvalue weighted by Gasteiger charge is -2.24. The Bertz CT molecular complexity index is 1570. The van der Waals surface area contributed by atoms with Gasteiger partial charge in [-0.15, -0.1) is 0 Å². The molecule has 0 unspecified atom stereocenters. The normalized spacial score (nSPS) is 11.4. The Morgan fingerprint density at radius 1 is 0.923 bits per heavy atom. The van der Waals surface area contributed by atoms with Gasteiger partial charge in [0.15, 0.2) is 0 Å². The van der Waals surface area contributed by atoms with E-state index in [9.17, 15) is 13.2 Å². The van der Waals surface area contributed by atoms with E-state index in [0.717, 1.165) is 26.6 Å². The number of nitrogens with one attached hydrogen (secondary N) is 1. The molecule has 1 amide bonds. The highest BCUT2D eigenvalue weighted by Crippen LogP contribution is 2.25. The number of carbonyl (C=O) groups excluding carboxylic acids is 1.